The Kier molecular flexibility index (Phi) is 5.45. The van der Waals surface area contributed by atoms with Crippen molar-refractivity contribution in [2.45, 2.75) is 63.5 Å². The number of rotatable bonds is 4. The highest BCUT2D eigenvalue weighted by atomic mass is 16.2. The molecule has 0 aromatic rings. The fourth-order valence-corrected chi connectivity index (χ4v) is 3.39. The Labute approximate surface area is 110 Å². The second-order valence-electron chi connectivity index (χ2n) is 5.62. The summed E-state index contributed by atoms with van der Waals surface area (Å²) in [6.07, 6.45) is 9.71. The van der Waals surface area contributed by atoms with Crippen LogP contribution in [0.4, 0.5) is 0 Å². The third-order valence-corrected chi connectivity index (χ3v) is 4.34. The number of nitrogens with one attached hydrogen (secondary N) is 1. The lowest BCUT2D eigenvalue weighted by Gasteiger charge is -2.38. The zero-order valence-corrected chi connectivity index (χ0v) is 11.4. The molecule has 1 aliphatic carbocycles. The van der Waals surface area contributed by atoms with Crippen molar-refractivity contribution < 1.29 is 4.79 Å². The largest absolute Gasteiger partial charge is 0.355 e. The molecule has 4 heteroatoms. The van der Waals surface area contributed by atoms with Crippen molar-refractivity contribution in [2.24, 2.45) is 5.73 Å². The average molecular weight is 253 g/mol. The minimum absolute atomic E-state index is 0.0687. The van der Waals surface area contributed by atoms with Crippen molar-refractivity contribution in [3.8, 4) is 0 Å². The smallest absolute Gasteiger partial charge is 0.237 e. The van der Waals surface area contributed by atoms with Gasteiger partial charge in [0.1, 0.15) is 0 Å². The number of nitrogens with zero attached hydrogens (tertiary/aromatic N) is 1. The molecular formula is C14H27N3O. The molecule has 0 aromatic heterocycles. The van der Waals surface area contributed by atoms with Crippen LogP contribution in [0.3, 0.4) is 0 Å². The highest BCUT2D eigenvalue weighted by molar-refractivity contribution is 5.82. The standard InChI is InChI=1S/C14H27N3O/c15-9-11-17(12-6-2-1-3-7-12)13-8-4-5-10-16-14(13)18/h12-13H,1-11,15H2,(H,16,18). The van der Waals surface area contributed by atoms with E-state index in [1.54, 1.807) is 0 Å². The molecule has 0 radical (unpaired) electrons. The van der Waals surface area contributed by atoms with Gasteiger partial charge in [-0.05, 0) is 32.1 Å². The quantitative estimate of drug-likeness (QED) is 0.793. The summed E-state index contributed by atoms with van der Waals surface area (Å²) in [5.41, 5.74) is 5.75. The summed E-state index contributed by atoms with van der Waals surface area (Å²) in [5, 5.41) is 3.05. The van der Waals surface area contributed by atoms with E-state index in [2.05, 4.69) is 10.2 Å². The fourth-order valence-electron chi connectivity index (χ4n) is 3.39. The Hall–Kier alpha value is -0.610. The molecule has 1 aliphatic heterocycles. The number of carbonyl (C=O) groups excluding carboxylic acids is 1. The second kappa shape index (κ2) is 7.10. The van der Waals surface area contributed by atoms with Gasteiger partial charge in [0.15, 0.2) is 0 Å². The maximum absolute atomic E-state index is 12.2. The Morgan fingerprint density at radius 3 is 2.56 bits per heavy atom. The number of nitrogens with two attached hydrogens (primary N) is 1. The molecule has 0 spiro atoms. The third-order valence-electron chi connectivity index (χ3n) is 4.34. The maximum atomic E-state index is 12.2. The van der Waals surface area contributed by atoms with E-state index < -0.39 is 0 Å². The van der Waals surface area contributed by atoms with E-state index in [0.717, 1.165) is 32.4 Å². The predicted molar refractivity (Wildman–Crippen MR) is 73.3 cm³/mol. The molecular weight excluding hydrogens is 226 g/mol. The molecule has 4 nitrogen and oxygen atoms in total. The summed E-state index contributed by atoms with van der Waals surface area (Å²) >= 11 is 0. The van der Waals surface area contributed by atoms with Crippen molar-refractivity contribution in [1.29, 1.82) is 0 Å². The van der Waals surface area contributed by atoms with Crippen LogP contribution in [0.25, 0.3) is 0 Å². The van der Waals surface area contributed by atoms with Crippen LogP contribution >= 0.6 is 0 Å². The van der Waals surface area contributed by atoms with Crippen LogP contribution in [-0.4, -0.2) is 42.5 Å². The molecule has 1 atom stereocenters. The number of hydrogen-bond donors (Lipinski definition) is 2. The van der Waals surface area contributed by atoms with Crippen LogP contribution < -0.4 is 11.1 Å². The molecule has 1 amide bonds. The Bertz CT molecular complexity index is 264. The first kappa shape index (κ1) is 13.8. The van der Waals surface area contributed by atoms with Crippen molar-refractivity contribution in [3.05, 3.63) is 0 Å². The van der Waals surface area contributed by atoms with Gasteiger partial charge in [0.25, 0.3) is 0 Å². The molecule has 18 heavy (non-hydrogen) atoms. The SMILES string of the molecule is NCCN(C1CCCCC1)C1CCCCNC1=O. The average Bonchev–Trinajstić information content (AvgIpc) is 2.62. The lowest BCUT2D eigenvalue weighted by molar-refractivity contribution is -0.127. The first-order valence-electron chi connectivity index (χ1n) is 7.56. The first-order valence-corrected chi connectivity index (χ1v) is 7.56. The minimum Gasteiger partial charge on any atom is -0.355 e. The lowest BCUT2D eigenvalue weighted by atomic mass is 9.92. The van der Waals surface area contributed by atoms with Crippen LogP contribution in [0.15, 0.2) is 0 Å². The van der Waals surface area contributed by atoms with E-state index in [4.69, 9.17) is 5.73 Å². The van der Waals surface area contributed by atoms with Crippen LogP contribution in [0, 0.1) is 0 Å². The van der Waals surface area contributed by atoms with Crippen LogP contribution in [0.5, 0.6) is 0 Å². The summed E-state index contributed by atoms with van der Waals surface area (Å²) in [5.74, 6) is 0.228. The summed E-state index contributed by atoms with van der Waals surface area (Å²) in [6, 6.07) is 0.648. The van der Waals surface area contributed by atoms with Gasteiger partial charge in [0.05, 0.1) is 6.04 Å². The summed E-state index contributed by atoms with van der Waals surface area (Å²) < 4.78 is 0. The van der Waals surface area contributed by atoms with Crippen LogP contribution in [-0.2, 0) is 4.79 Å². The van der Waals surface area contributed by atoms with E-state index in [9.17, 15) is 4.79 Å². The lowest BCUT2D eigenvalue weighted by Crippen LogP contribution is -2.52. The Balaban J connectivity index is 2.03. The normalized spacial score (nSPS) is 27.0. The summed E-state index contributed by atoms with van der Waals surface area (Å²) in [6.45, 7) is 2.36. The number of carbonyl (C=O) groups is 1. The van der Waals surface area contributed by atoms with Gasteiger partial charge in [-0.3, -0.25) is 9.69 Å². The van der Waals surface area contributed by atoms with Gasteiger partial charge in [-0.1, -0.05) is 19.3 Å². The van der Waals surface area contributed by atoms with Crippen molar-refractivity contribution in [1.82, 2.24) is 10.2 Å². The minimum atomic E-state index is 0.0687. The zero-order chi connectivity index (χ0) is 12.8. The van der Waals surface area contributed by atoms with Gasteiger partial charge >= 0.3 is 0 Å². The molecule has 3 N–H and O–H groups in total. The first-order chi connectivity index (χ1) is 8.83. The topological polar surface area (TPSA) is 58.4 Å². The van der Waals surface area contributed by atoms with Crippen molar-refractivity contribution >= 4 is 5.91 Å². The van der Waals surface area contributed by atoms with E-state index in [1.165, 1.54) is 32.1 Å². The van der Waals surface area contributed by atoms with E-state index in [-0.39, 0.29) is 11.9 Å². The number of amides is 1. The fraction of sp³-hybridized carbons (Fsp3) is 0.929. The van der Waals surface area contributed by atoms with Gasteiger partial charge in [-0.25, -0.2) is 0 Å². The maximum Gasteiger partial charge on any atom is 0.237 e. The monoisotopic (exact) mass is 253 g/mol. The highest BCUT2D eigenvalue weighted by Crippen LogP contribution is 2.26. The molecule has 0 bridgehead atoms. The van der Waals surface area contributed by atoms with Gasteiger partial charge in [-0.15, -0.1) is 0 Å². The second-order valence-corrected chi connectivity index (χ2v) is 5.62. The molecule has 1 unspecified atom stereocenters. The zero-order valence-electron chi connectivity index (χ0n) is 11.4. The molecule has 1 saturated heterocycles. The Morgan fingerprint density at radius 2 is 1.83 bits per heavy atom. The van der Waals surface area contributed by atoms with Gasteiger partial charge < -0.3 is 11.1 Å². The molecule has 2 rings (SSSR count). The predicted octanol–water partition coefficient (Wildman–Crippen LogP) is 1.25. The van der Waals surface area contributed by atoms with E-state index in [1.807, 2.05) is 0 Å². The molecule has 1 saturated carbocycles. The molecule has 104 valence electrons. The van der Waals surface area contributed by atoms with E-state index >= 15 is 0 Å². The molecule has 2 aliphatic rings. The van der Waals surface area contributed by atoms with Crippen LogP contribution in [0.2, 0.25) is 0 Å². The van der Waals surface area contributed by atoms with Crippen LogP contribution in [0.1, 0.15) is 51.4 Å². The molecule has 1 heterocycles. The number of hydrogen-bond acceptors (Lipinski definition) is 3. The van der Waals surface area contributed by atoms with Gasteiger partial charge in [0, 0.05) is 25.7 Å². The van der Waals surface area contributed by atoms with E-state index in [0.29, 0.717) is 12.6 Å². The van der Waals surface area contributed by atoms with Crippen molar-refractivity contribution in [3.63, 3.8) is 0 Å². The van der Waals surface area contributed by atoms with Gasteiger partial charge in [-0.2, -0.15) is 0 Å². The third kappa shape index (κ3) is 3.45. The van der Waals surface area contributed by atoms with Crippen molar-refractivity contribution in [2.75, 3.05) is 19.6 Å². The summed E-state index contributed by atoms with van der Waals surface area (Å²) in [7, 11) is 0. The molecule has 0 aromatic carbocycles. The summed E-state index contributed by atoms with van der Waals surface area (Å²) in [4.78, 5) is 14.6. The van der Waals surface area contributed by atoms with Gasteiger partial charge in [0.2, 0.25) is 5.91 Å². The highest BCUT2D eigenvalue weighted by Gasteiger charge is 2.32. The Morgan fingerprint density at radius 1 is 1.11 bits per heavy atom. The molecule has 2 fully saturated rings.